The minimum atomic E-state index is -0.319. The largest absolute Gasteiger partial charge is 0.491 e. The lowest BCUT2D eigenvalue weighted by molar-refractivity contribution is 0.0630. The molecule has 0 spiro atoms. The van der Waals surface area contributed by atoms with Gasteiger partial charge in [0.25, 0.3) is 17.7 Å². The Morgan fingerprint density at radius 1 is 0.833 bits per heavy atom. The van der Waals surface area contributed by atoms with Gasteiger partial charge in [-0.05, 0) is 48.4 Å². The predicted octanol–water partition coefficient (Wildman–Crippen LogP) is 6.70. The Kier molecular flexibility index (Phi) is 7.47. The topological polar surface area (TPSA) is 88.6 Å². The number of carbonyl (C=O) groups excluding carboxylic acids is 3. The third-order valence-electron chi connectivity index (χ3n) is 7.62. The summed E-state index contributed by atoms with van der Waals surface area (Å²) in [5.74, 6) is -0.381. The Labute approximate surface area is 243 Å². The number of para-hydroxylation sites is 1. The summed E-state index contributed by atoms with van der Waals surface area (Å²) in [6.45, 7) is 2.30. The van der Waals surface area contributed by atoms with E-state index in [2.05, 4.69) is 29.4 Å². The first-order valence-corrected chi connectivity index (χ1v) is 14.0. The molecule has 4 aromatic carbocycles. The summed E-state index contributed by atoms with van der Waals surface area (Å²) in [5, 5.41) is 3.90. The smallest absolute Gasteiger partial charge is 0.261 e. The van der Waals surface area contributed by atoms with E-state index in [1.165, 1.54) is 4.90 Å². The van der Waals surface area contributed by atoms with Crippen molar-refractivity contribution in [3.05, 3.63) is 137 Å². The van der Waals surface area contributed by atoms with Gasteiger partial charge < -0.3 is 10.1 Å². The van der Waals surface area contributed by atoms with E-state index in [9.17, 15) is 14.4 Å². The van der Waals surface area contributed by atoms with Gasteiger partial charge in [-0.2, -0.15) is 0 Å². The van der Waals surface area contributed by atoms with Gasteiger partial charge in [-0.25, -0.2) is 0 Å². The average Bonchev–Trinajstić information content (AvgIpc) is 3.27. The molecule has 0 bridgehead atoms. The zero-order valence-electron chi connectivity index (χ0n) is 23.1. The zero-order valence-corrected chi connectivity index (χ0v) is 23.1. The highest BCUT2D eigenvalue weighted by molar-refractivity contribution is 6.21. The number of hydrogen-bond acceptors (Lipinski definition) is 5. The molecule has 1 atom stereocenters. The lowest BCUT2D eigenvalue weighted by Crippen LogP contribution is -2.33. The van der Waals surface area contributed by atoms with Gasteiger partial charge >= 0.3 is 0 Å². The fourth-order valence-corrected chi connectivity index (χ4v) is 5.60. The summed E-state index contributed by atoms with van der Waals surface area (Å²) in [5.41, 5.74) is 4.64. The molecule has 208 valence electrons. The lowest BCUT2D eigenvalue weighted by atomic mass is 9.87. The summed E-state index contributed by atoms with van der Waals surface area (Å²) < 4.78 is 6.29. The number of carbonyl (C=O) groups is 3. The highest BCUT2D eigenvalue weighted by Crippen LogP contribution is 2.40. The Morgan fingerprint density at radius 3 is 2.26 bits per heavy atom. The van der Waals surface area contributed by atoms with Crippen molar-refractivity contribution < 1.29 is 19.1 Å². The minimum absolute atomic E-state index is 0.0776. The van der Waals surface area contributed by atoms with Crippen LogP contribution in [0.5, 0.6) is 5.75 Å². The number of hydrogen-bond donors (Lipinski definition) is 1. The van der Waals surface area contributed by atoms with Crippen LogP contribution in [0.2, 0.25) is 0 Å². The number of nitrogens with zero attached hydrogens (tertiary/aromatic N) is 2. The van der Waals surface area contributed by atoms with E-state index in [0.717, 1.165) is 28.5 Å². The second-order valence-corrected chi connectivity index (χ2v) is 10.1. The van der Waals surface area contributed by atoms with Gasteiger partial charge in [-0.1, -0.05) is 73.7 Å². The molecule has 6 rings (SSSR count). The fourth-order valence-electron chi connectivity index (χ4n) is 5.60. The lowest BCUT2D eigenvalue weighted by Gasteiger charge is -2.24. The van der Waals surface area contributed by atoms with Crippen molar-refractivity contribution in [3.8, 4) is 5.75 Å². The van der Waals surface area contributed by atoms with Crippen LogP contribution in [0.25, 0.3) is 10.9 Å². The standard InChI is InChI=1S/C35H29N3O4/c1-2-24(23-11-4-3-5-12-23)32-30(37-33(39)26-19-20-36-29-16-9-8-13-25(26)29)17-10-18-31(32)42-22-21-38-34(40)27-14-6-7-15-28(27)35(38)41/h3-20,24H,2,21-22H2,1H3,(H,37,39)/t24-/m0/s1. The molecule has 42 heavy (non-hydrogen) atoms. The SMILES string of the molecule is CC[C@@H](c1ccccc1)c1c(NC(=O)c2ccnc3ccccc23)cccc1OCCN1C(=O)c2ccccc2C1=O. The van der Waals surface area contributed by atoms with Gasteiger partial charge in [0.1, 0.15) is 12.4 Å². The van der Waals surface area contributed by atoms with Crippen LogP contribution in [-0.2, 0) is 0 Å². The van der Waals surface area contributed by atoms with Crippen LogP contribution in [0.4, 0.5) is 5.69 Å². The van der Waals surface area contributed by atoms with Crippen LogP contribution in [-0.4, -0.2) is 40.8 Å². The Balaban J connectivity index is 1.31. The summed E-state index contributed by atoms with van der Waals surface area (Å²) in [6, 6.07) is 31.7. The monoisotopic (exact) mass is 555 g/mol. The van der Waals surface area contributed by atoms with Gasteiger partial charge in [0.05, 0.1) is 28.8 Å². The maximum atomic E-state index is 13.6. The van der Waals surface area contributed by atoms with Crippen LogP contribution in [0, 0.1) is 0 Å². The van der Waals surface area contributed by atoms with Crippen molar-refractivity contribution in [3.63, 3.8) is 0 Å². The van der Waals surface area contributed by atoms with Crippen LogP contribution in [0.3, 0.4) is 0 Å². The maximum absolute atomic E-state index is 13.6. The first-order valence-electron chi connectivity index (χ1n) is 14.0. The number of nitrogens with one attached hydrogen (secondary N) is 1. The molecule has 0 fully saturated rings. The number of imide groups is 1. The van der Waals surface area contributed by atoms with Crippen molar-refractivity contribution >= 4 is 34.3 Å². The number of benzene rings is 4. The van der Waals surface area contributed by atoms with Crippen LogP contribution < -0.4 is 10.1 Å². The summed E-state index contributed by atoms with van der Waals surface area (Å²) in [6.07, 6.45) is 2.39. The molecule has 5 aromatic rings. The molecule has 1 aliphatic heterocycles. The van der Waals surface area contributed by atoms with Crippen LogP contribution in [0.1, 0.15) is 61.5 Å². The number of aromatic nitrogens is 1. The average molecular weight is 556 g/mol. The number of rotatable bonds is 9. The van der Waals surface area contributed by atoms with E-state index < -0.39 is 0 Å². The van der Waals surface area contributed by atoms with Gasteiger partial charge in [-0.3, -0.25) is 24.3 Å². The number of pyridine rings is 1. The molecule has 0 saturated heterocycles. The molecule has 2 heterocycles. The molecular weight excluding hydrogens is 526 g/mol. The van der Waals surface area contributed by atoms with E-state index in [0.29, 0.717) is 28.1 Å². The van der Waals surface area contributed by atoms with Gasteiger partial charge in [0.15, 0.2) is 0 Å². The van der Waals surface area contributed by atoms with E-state index in [4.69, 9.17) is 4.74 Å². The number of anilines is 1. The molecule has 3 amide bonds. The van der Waals surface area contributed by atoms with E-state index in [1.807, 2.05) is 60.7 Å². The van der Waals surface area contributed by atoms with Crippen molar-refractivity contribution in [2.45, 2.75) is 19.3 Å². The maximum Gasteiger partial charge on any atom is 0.261 e. The highest BCUT2D eigenvalue weighted by atomic mass is 16.5. The normalized spacial score (nSPS) is 13.2. The Bertz CT molecular complexity index is 1760. The number of fused-ring (bicyclic) bond motifs is 2. The summed E-state index contributed by atoms with van der Waals surface area (Å²) in [7, 11) is 0. The third kappa shape index (κ3) is 5.01. The molecule has 7 heteroatoms. The van der Waals surface area contributed by atoms with Crippen molar-refractivity contribution in [2.24, 2.45) is 0 Å². The molecule has 0 unspecified atom stereocenters. The summed E-state index contributed by atoms with van der Waals surface area (Å²) >= 11 is 0. The molecule has 1 N–H and O–H groups in total. The molecule has 1 aromatic heterocycles. The van der Waals surface area contributed by atoms with Gasteiger partial charge in [0.2, 0.25) is 0 Å². The van der Waals surface area contributed by atoms with Crippen molar-refractivity contribution in [1.29, 1.82) is 0 Å². The second kappa shape index (κ2) is 11.7. The Morgan fingerprint density at radius 2 is 1.52 bits per heavy atom. The Hall–Kier alpha value is -5.30. The van der Waals surface area contributed by atoms with Crippen LogP contribution in [0.15, 0.2) is 109 Å². The van der Waals surface area contributed by atoms with Gasteiger partial charge in [0, 0.05) is 28.8 Å². The minimum Gasteiger partial charge on any atom is -0.491 e. The molecule has 0 saturated carbocycles. The molecule has 7 nitrogen and oxygen atoms in total. The molecule has 0 aliphatic carbocycles. The van der Waals surface area contributed by atoms with E-state index >= 15 is 0 Å². The quantitative estimate of drug-likeness (QED) is 0.204. The van der Waals surface area contributed by atoms with Crippen LogP contribution >= 0.6 is 0 Å². The molecule has 0 radical (unpaired) electrons. The number of ether oxygens (including phenoxy) is 1. The first kappa shape index (κ1) is 26.9. The van der Waals surface area contributed by atoms with Gasteiger partial charge in [-0.15, -0.1) is 0 Å². The number of amides is 3. The fraction of sp³-hybridized carbons (Fsp3) is 0.143. The van der Waals surface area contributed by atoms with E-state index in [-0.39, 0.29) is 36.8 Å². The second-order valence-electron chi connectivity index (χ2n) is 10.1. The molecular formula is C35H29N3O4. The first-order chi connectivity index (χ1) is 20.6. The van der Waals surface area contributed by atoms with Crippen molar-refractivity contribution in [2.75, 3.05) is 18.5 Å². The summed E-state index contributed by atoms with van der Waals surface area (Å²) in [4.78, 5) is 45.0. The third-order valence-corrected chi connectivity index (χ3v) is 7.62. The zero-order chi connectivity index (χ0) is 29.1. The molecule has 1 aliphatic rings. The van der Waals surface area contributed by atoms with Crippen molar-refractivity contribution in [1.82, 2.24) is 9.88 Å². The predicted molar refractivity (Wildman–Crippen MR) is 162 cm³/mol. The van der Waals surface area contributed by atoms with E-state index in [1.54, 1.807) is 36.5 Å². The highest BCUT2D eigenvalue weighted by Gasteiger charge is 2.35.